The number of carbonyl (C=O) groups excluding carboxylic acids is 3. The Hall–Kier alpha value is -2.90. The number of nitrogens with two attached hydrogens (primary N) is 1. The Bertz CT molecular complexity index is 812. The first kappa shape index (κ1) is 23.1. The van der Waals surface area contributed by atoms with Crippen LogP contribution in [0.1, 0.15) is 24.2 Å². The number of anilines is 2. The van der Waals surface area contributed by atoms with Crippen LogP contribution in [-0.2, 0) is 9.59 Å². The van der Waals surface area contributed by atoms with Gasteiger partial charge in [0.15, 0.2) is 0 Å². The quantitative estimate of drug-likeness (QED) is 0.567. The fourth-order valence-corrected chi connectivity index (χ4v) is 2.26. The Kier molecular flexibility index (Phi) is 9.14. The SMILES string of the molecule is CC(C)[C@H](N)C(=O)NCC(=O)Nc1cccc(NC(=O)c2ccccc2)c1.Cl. The molecule has 3 amide bonds. The van der Waals surface area contributed by atoms with Crippen molar-refractivity contribution in [3.05, 3.63) is 60.2 Å². The Morgan fingerprint density at radius 2 is 1.54 bits per heavy atom. The molecule has 0 heterocycles. The van der Waals surface area contributed by atoms with E-state index in [9.17, 15) is 14.4 Å². The van der Waals surface area contributed by atoms with Gasteiger partial charge < -0.3 is 21.7 Å². The summed E-state index contributed by atoms with van der Waals surface area (Å²) in [6, 6.07) is 14.9. The molecule has 5 N–H and O–H groups in total. The molecule has 7 nitrogen and oxygen atoms in total. The number of hydrogen-bond acceptors (Lipinski definition) is 4. The molecule has 0 saturated carbocycles. The Balaban J connectivity index is 0.00000392. The Morgan fingerprint density at radius 3 is 2.14 bits per heavy atom. The van der Waals surface area contributed by atoms with Gasteiger partial charge in [0.1, 0.15) is 0 Å². The van der Waals surface area contributed by atoms with Crippen LogP contribution in [0.2, 0.25) is 0 Å². The fraction of sp³-hybridized carbons (Fsp3) is 0.250. The van der Waals surface area contributed by atoms with Gasteiger partial charge in [-0.15, -0.1) is 12.4 Å². The molecule has 150 valence electrons. The van der Waals surface area contributed by atoms with E-state index < -0.39 is 6.04 Å². The van der Waals surface area contributed by atoms with Crippen LogP contribution >= 0.6 is 12.4 Å². The Morgan fingerprint density at radius 1 is 0.929 bits per heavy atom. The predicted molar refractivity (Wildman–Crippen MR) is 113 cm³/mol. The van der Waals surface area contributed by atoms with Crippen molar-refractivity contribution < 1.29 is 14.4 Å². The average molecular weight is 405 g/mol. The molecule has 28 heavy (non-hydrogen) atoms. The third-order valence-electron chi connectivity index (χ3n) is 3.88. The van der Waals surface area contributed by atoms with Gasteiger partial charge in [0.2, 0.25) is 11.8 Å². The lowest BCUT2D eigenvalue weighted by Gasteiger charge is -2.15. The molecule has 1 atom stereocenters. The van der Waals surface area contributed by atoms with Gasteiger partial charge in [-0.3, -0.25) is 14.4 Å². The van der Waals surface area contributed by atoms with Gasteiger partial charge in [-0.05, 0) is 36.2 Å². The van der Waals surface area contributed by atoms with Crippen LogP contribution in [0.4, 0.5) is 11.4 Å². The van der Waals surface area contributed by atoms with Crippen molar-refractivity contribution in [2.45, 2.75) is 19.9 Å². The van der Waals surface area contributed by atoms with Crippen LogP contribution < -0.4 is 21.7 Å². The molecule has 2 aromatic carbocycles. The molecule has 0 saturated heterocycles. The molecule has 8 heteroatoms. The number of halogens is 1. The first-order chi connectivity index (χ1) is 12.9. The summed E-state index contributed by atoms with van der Waals surface area (Å²) in [5, 5.41) is 7.95. The molecule has 0 spiro atoms. The number of amides is 3. The van der Waals surface area contributed by atoms with Gasteiger partial charge in [0.05, 0.1) is 12.6 Å². The van der Waals surface area contributed by atoms with Crippen LogP contribution in [0.5, 0.6) is 0 Å². The number of hydrogen-bond donors (Lipinski definition) is 4. The minimum absolute atomic E-state index is 0. The molecule has 0 aliphatic carbocycles. The van der Waals surface area contributed by atoms with Crippen molar-refractivity contribution in [2.24, 2.45) is 11.7 Å². The number of rotatable bonds is 7. The highest BCUT2D eigenvalue weighted by molar-refractivity contribution is 6.04. The van der Waals surface area contributed by atoms with E-state index in [1.54, 1.807) is 48.5 Å². The molecule has 0 radical (unpaired) electrons. The third kappa shape index (κ3) is 7.02. The van der Waals surface area contributed by atoms with Gasteiger partial charge in [-0.1, -0.05) is 38.1 Å². The summed E-state index contributed by atoms with van der Waals surface area (Å²) < 4.78 is 0. The number of carbonyl (C=O) groups is 3. The maximum absolute atomic E-state index is 12.2. The molecular formula is C20H25ClN4O3. The molecule has 2 rings (SSSR count). The molecule has 0 unspecified atom stereocenters. The summed E-state index contributed by atoms with van der Waals surface area (Å²) in [7, 11) is 0. The second-order valence-electron chi connectivity index (χ2n) is 6.44. The minimum atomic E-state index is -0.658. The molecule has 0 aromatic heterocycles. The van der Waals surface area contributed by atoms with Crippen LogP contribution in [0, 0.1) is 5.92 Å². The van der Waals surface area contributed by atoms with Gasteiger partial charge >= 0.3 is 0 Å². The van der Waals surface area contributed by atoms with E-state index in [0.717, 1.165) is 0 Å². The molecule has 2 aromatic rings. The predicted octanol–water partition coefficient (Wildman–Crippen LogP) is 2.40. The lowest BCUT2D eigenvalue weighted by atomic mass is 10.1. The van der Waals surface area contributed by atoms with Crippen molar-refractivity contribution in [2.75, 3.05) is 17.2 Å². The zero-order valence-corrected chi connectivity index (χ0v) is 16.6. The topological polar surface area (TPSA) is 113 Å². The maximum atomic E-state index is 12.2. The van der Waals surface area contributed by atoms with Crippen LogP contribution in [0.25, 0.3) is 0 Å². The summed E-state index contributed by atoms with van der Waals surface area (Å²) in [5.74, 6) is -1.01. The molecular weight excluding hydrogens is 380 g/mol. The standard InChI is InChI=1S/C20H24N4O3.ClH/c1-13(2)18(21)20(27)22-12-17(25)23-15-9-6-10-16(11-15)24-19(26)14-7-4-3-5-8-14;/h3-11,13,18H,12,21H2,1-2H3,(H,22,27)(H,23,25)(H,24,26);1H/t18-;/m0./s1. The molecule has 0 aliphatic heterocycles. The van der Waals surface area contributed by atoms with Gasteiger partial charge in [0.25, 0.3) is 5.91 Å². The van der Waals surface area contributed by atoms with Crippen molar-refractivity contribution in [1.82, 2.24) is 5.32 Å². The van der Waals surface area contributed by atoms with Crippen LogP contribution in [-0.4, -0.2) is 30.3 Å². The minimum Gasteiger partial charge on any atom is -0.346 e. The normalized spacial score (nSPS) is 11.1. The van der Waals surface area contributed by atoms with E-state index in [2.05, 4.69) is 16.0 Å². The van der Waals surface area contributed by atoms with E-state index in [4.69, 9.17) is 5.73 Å². The van der Waals surface area contributed by atoms with Crippen LogP contribution in [0.15, 0.2) is 54.6 Å². The zero-order chi connectivity index (χ0) is 19.8. The van der Waals surface area contributed by atoms with Gasteiger partial charge in [-0.2, -0.15) is 0 Å². The summed E-state index contributed by atoms with van der Waals surface area (Å²) in [4.78, 5) is 36.0. The van der Waals surface area contributed by atoms with E-state index in [1.165, 1.54) is 0 Å². The van der Waals surface area contributed by atoms with Crippen molar-refractivity contribution in [3.63, 3.8) is 0 Å². The molecule has 0 bridgehead atoms. The summed E-state index contributed by atoms with van der Waals surface area (Å²) in [5.41, 5.74) is 7.32. The van der Waals surface area contributed by atoms with E-state index in [0.29, 0.717) is 16.9 Å². The Labute approximate surface area is 170 Å². The first-order valence-corrected chi connectivity index (χ1v) is 8.66. The summed E-state index contributed by atoms with van der Waals surface area (Å²) >= 11 is 0. The second-order valence-corrected chi connectivity index (χ2v) is 6.44. The third-order valence-corrected chi connectivity index (χ3v) is 3.88. The highest BCUT2D eigenvalue weighted by Crippen LogP contribution is 2.16. The van der Waals surface area contributed by atoms with Gasteiger partial charge in [-0.25, -0.2) is 0 Å². The number of benzene rings is 2. The van der Waals surface area contributed by atoms with Crippen molar-refractivity contribution >= 4 is 41.5 Å². The largest absolute Gasteiger partial charge is 0.346 e. The summed E-state index contributed by atoms with van der Waals surface area (Å²) in [6.07, 6.45) is 0. The summed E-state index contributed by atoms with van der Waals surface area (Å²) in [6.45, 7) is 3.49. The van der Waals surface area contributed by atoms with Gasteiger partial charge in [0, 0.05) is 16.9 Å². The average Bonchev–Trinajstić information content (AvgIpc) is 2.66. The smallest absolute Gasteiger partial charge is 0.255 e. The maximum Gasteiger partial charge on any atom is 0.255 e. The molecule has 0 fully saturated rings. The van der Waals surface area contributed by atoms with E-state index in [-0.39, 0.29) is 42.6 Å². The van der Waals surface area contributed by atoms with Crippen molar-refractivity contribution in [1.29, 1.82) is 0 Å². The molecule has 0 aliphatic rings. The highest BCUT2D eigenvalue weighted by Gasteiger charge is 2.17. The van der Waals surface area contributed by atoms with E-state index in [1.807, 2.05) is 19.9 Å². The van der Waals surface area contributed by atoms with Crippen LogP contribution in [0.3, 0.4) is 0 Å². The fourth-order valence-electron chi connectivity index (χ4n) is 2.26. The first-order valence-electron chi connectivity index (χ1n) is 8.66. The van der Waals surface area contributed by atoms with Crippen molar-refractivity contribution in [3.8, 4) is 0 Å². The lowest BCUT2D eigenvalue weighted by Crippen LogP contribution is -2.46. The lowest BCUT2D eigenvalue weighted by molar-refractivity contribution is -0.125. The second kappa shape index (κ2) is 11.1. The van der Waals surface area contributed by atoms with E-state index >= 15 is 0 Å². The monoisotopic (exact) mass is 404 g/mol. The zero-order valence-electron chi connectivity index (χ0n) is 15.8. The number of nitrogens with one attached hydrogen (secondary N) is 3. The highest BCUT2D eigenvalue weighted by atomic mass is 35.5.